The highest BCUT2D eigenvalue weighted by atomic mass is 19.4. The summed E-state index contributed by atoms with van der Waals surface area (Å²) in [7, 11) is 0. The molecule has 2 aliphatic heterocycles. The van der Waals surface area contributed by atoms with E-state index in [0.717, 1.165) is 37.7 Å². The molecule has 1 saturated carbocycles. The minimum atomic E-state index is -4.92. The van der Waals surface area contributed by atoms with Crippen LogP contribution in [0.2, 0.25) is 0 Å². The van der Waals surface area contributed by atoms with Gasteiger partial charge in [0.25, 0.3) is 0 Å². The van der Waals surface area contributed by atoms with Gasteiger partial charge >= 0.3 is 6.18 Å². The number of benzene rings is 1. The van der Waals surface area contributed by atoms with Crippen LogP contribution in [0.3, 0.4) is 0 Å². The third kappa shape index (κ3) is 3.69. The summed E-state index contributed by atoms with van der Waals surface area (Å²) < 4.78 is 59.4. The number of rotatable bonds is 3. The van der Waals surface area contributed by atoms with E-state index in [9.17, 15) is 27.8 Å². The zero-order valence-corrected chi connectivity index (χ0v) is 17.1. The standard InChI is InChI=1S/C22H23F4N3O3/c23-14-8-11(17(31)9-13(14)22(24,25)26)20-12-7-10-5-6-18(32-10)19(12)21(29-28-20)27-15-3-1-2-4-16(15)30/h8-10,15-16,18,30-31H,1-7H2,(H,27,29)/t10-,15?,16+,18+/m0/s1. The predicted octanol–water partition coefficient (Wildman–Crippen LogP) is 4.50. The van der Waals surface area contributed by atoms with Crippen molar-refractivity contribution in [2.75, 3.05) is 5.32 Å². The second-order valence-electron chi connectivity index (χ2n) is 8.77. The van der Waals surface area contributed by atoms with Gasteiger partial charge in [-0.25, -0.2) is 4.39 Å². The number of aliphatic hydroxyl groups excluding tert-OH is 1. The molecule has 1 aliphatic carbocycles. The zero-order valence-electron chi connectivity index (χ0n) is 17.1. The first-order valence-electron chi connectivity index (χ1n) is 10.8. The SMILES string of the molecule is Oc1cc(C(F)(F)F)c(F)cc1-c1nnc(NC2CCCC[C@H]2O)c2c1C[C@@H]1CC[C@H]2O1. The smallest absolute Gasteiger partial charge is 0.419 e. The van der Waals surface area contributed by atoms with Gasteiger partial charge in [-0.3, -0.25) is 0 Å². The van der Waals surface area contributed by atoms with Crippen LogP contribution in [-0.2, 0) is 17.3 Å². The lowest BCUT2D eigenvalue weighted by atomic mass is 9.91. The van der Waals surface area contributed by atoms with Gasteiger partial charge in [0.1, 0.15) is 17.3 Å². The highest BCUT2D eigenvalue weighted by molar-refractivity contribution is 5.74. The molecule has 3 aliphatic rings. The van der Waals surface area contributed by atoms with E-state index in [1.165, 1.54) is 0 Å². The Kier molecular flexibility index (Phi) is 5.24. The average Bonchev–Trinajstić information content (AvgIpc) is 3.11. The van der Waals surface area contributed by atoms with Crippen molar-refractivity contribution in [1.29, 1.82) is 0 Å². The number of phenolic OH excluding ortho intramolecular Hbond substituents is 1. The molecular weight excluding hydrogens is 430 g/mol. The van der Waals surface area contributed by atoms with E-state index >= 15 is 0 Å². The van der Waals surface area contributed by atoms with E-state index in [4.69, 9.17) is 4.74 Å². The fourth-order valence-corrected chi connectivity index (χ4v) is 5.08. The number of nitrogens with zero attached hydrogens (tertiary/aromatic N) is 2. The van der Waals surface area contributed by atoms with Crippen molar-refractivity contribution >= 4 is 5.82 Å². The maximum atomic E-state index is 14.3. The lowest BCUT2D eigenvalue weighted by Crippen LogP contribution is -2.37. The van der Waals surface area contributed by atoms with Gasteiger partial charge in [-0.2, -0.15) is 13.2 Å². The van der Waals surface area contributed by atoms with Gasteiger partial charge < -0.3 is 20.3 Å². The molecular formula is C22H23F4N3O3. The van der Waals surface area contributed by atoms with Crippen LogP contribution in [0.1, 0.15) is 61.3 Å². The van der Waals surface area contributed by atoms with E-state index in [1.54, 1.807) is 0 Å². The Balaban J connectivity index is 1.60. The summed E-state index contributed by atoms with van der Waals surface area (Å²) in [6.45, 7) is 0. The number of halogens is 4. The molecule has 2 aromatic rings. The number of aromatic hydroxyl groups is 1. The third-order valence-electron chi connectivity index (χ3n) is 6.67. The molecule has 0 spiro atoms. The summed E-state index contributed by atoms with van der Waals surface area (Å²) in [4.78, 5) is 0. The Morgan fingerprint density at radius 2 is 1.84 bits per heavy atom. The first kappa shape index (κ1) is 21.4. The number of hydrogen-bond acceptors (Lipinski definition) is 6. The predicted molar refractivity (Wildman–Crippen MR) is 107 cm³/mol. The molecule has 2 fully saturated rings. The van der Waals surface area contributed by atoms with Crippen molar-refractivity contribution in [3.63, 3.8) is 0 Å². The Bertz CT molecular complexity index is 1050. The van der Waals surface area contributed by atoms with Gasteiger partial charge in [-0.15, -0.1) is 10.2 Å². The lowest BCUT2D eigenvalue weighted by molar-refractivity contribution is -0.140. The van der Waals surface area contributed by atoms with E-state index in [-0.39, 0.29) is 29.5 Å². The number of phenols is 1. The number of anilines is 1. The molecule has 4 atom stereocenters. The average molecular weight is 453 g/mol. The van der Waals surface area contributed by atoms with E-state index in [2.05, 4.69) is 15.5 Å². The van der Waals surface area contributed by atoms with Crippen LogP contribution in [0.15, 0.2) is 12.1 Å². The van der Waals surface area contributed by atoms with Crippen LogP contribution in [0.5, 0.6) is 5.75 Å². The van der Waals surface area contributed by atoms with Crippen molar-refractivity contribution in [3.05, 3.63) is 34.6 Å². The molecule has 2 bridgehead atoms. The number of hydrogen-bond donors (Lipinski definition) is 3. The van der Waals surface area contributed by atoms with Crippen LogP contribution in [0, 0.1) is 5.82 Å². The van der Waals surface area contributed by atoms with Crippen LogP contribution in [0.4, 0.5) is 23.4 Å². The number of alkyl halides is 3. The summed E-state index contributed by atoms with van der Waals surface area (Å²) in [6, 6.07) is 0.860. The number of aliphatic hydroxyl groups is 1. The van der Waals surface area contributed by atoms with Gasteiger partial charge in [0.15, 0.2) is 5.82 Å². The molecule has 6 nitrogen and oxygen atoms in total. The summed E-state index contributed by atoms with van der Waals surface area (Å²) >= 11 is 0. The Morgan fingerprint density at radius 1 is 1.06 bits per heavy atom. The largest absolute Gasteiger partial charge is 0.507 e. The molecule has 1 aromatic carbocycles. The number of ether oxygens (including phenoxy) is 1. The minimum Gasteiger partial charge on any atom is -0.507 e. The lowest BCUT2D eigenvalue weighted by Gasteiger charge is -2.32. The van der Waals surface area contributed by atoms with E-state index in [1.807, 2.05) is 0 Å². The normalized spacial score (nSPS) is 27.3. The van der Waals surface area contributed by atoms with Crippen LogP contribution >= 0.6 is 0 Å². The molecule has 1 saturated heterocycles. The number of nitrogens with one attached hydrogen (secondary N) is 1. The van der Waals surface area contributed by atoms with Crippen molar-refractivity contribution in [2.45, 2.75) is 75.5 Å². The molecule has 1 aromatic heterocycles. The van der Waals surface area contributed by atoms with E-state index < -0.39 is 29.4 Å². The van der Waals surface area contributed by atoms with Crippen molar-refractivity contribution in [2.24, 2.45) is 0 Å². The van der Waals surface area contributed by atoms with Gasteiger partial charge in [0.2, 0.25) is 0 Å². The van der Waals surface area contributed by atoms with Crippen molar-refractivity contribution in [3.8, 4) is 17.0 Å². The molecule has 0 radical (unpaired) electrons. The highest BCUT2D eigenvalue weighted by Gasteiger charge is 2.40. The van der Waals surface area contributed by atoms with Gasteiger partial charge in [0.05, 0.1) is 29.9 Å². The molecule has 0 amide bonds. The second kappa shape index (κ2) is 7.84. The van der Waals surface area contributed by atoms with Crippen LogP contribution in [-0.4, -0.2) is 38.7 Å². The summed E-state index contributed by atoms with van der Waals surface area (Å²) in [5.41, 5.74) is -0.111. The molecule has 10 heteroatoms. The van der Waals surface area contributed by atoms with Gasteiger partial charge in [-0.05, 0) is 43.4 Å². The third-order valence-corrected chi connectivity index (χ3v) is 6.67. The minimum absolute atomic E-state index is 0.0787. The van der Waals surface area contributed by atoms with E-state index in [0.29, 0.717) is 36.4 Å². The number of aromatic nitrogens is 2. The Labute approximate surface area is 181 Å². The van der Waals surface area contributed by atoms with Crippen molar-refractivity contribution in [1.82, 2.24) is 10.2 Å². The molecule has 172 valence electrons. The topological polar surface area (TPSA) is 87.5 Å². The maximum Gasteiger partial charge on any atom is 0.419 e. The maximum absolute atomic E-state index is 14.3. The first-order chi connectivity index (χ1) is 15.2. The number of fused-ring (bicyclic) bond motifs is 4. The van der Waals surface area contributed by atoms with Crippen molar-refractivity contribution < 1.29 is 32.5 Å². The van der Waals surface area contributed by atoms with Gasteiger partial charge in [-0.1, -0.05) is 12.8 Å². The molecule has 32 heavy (non-hydrogen) atoms. The summed E-state index contributed by atoms with van der Waals surface area (Å²) in [5, 5.41) is 32.4. The molecule has 1 unspecified atom stereocenters. The Morgan fingerprint density at radius 3 is 2.59 bits per heavy atom. The molecule has 3 heterocycles. The fourth-order valence-electron chi connectivity index (χ4n) is 5.08. The fraction of sp³-hybridized carbons (Fsp3) is 0.545. The first-order valence-corrected chi connectivity index (χ1v) is 10.8. The summed E-state index contributed by atoms with van der Waals surface area (Å²) in [5.74, 6) is -1.73. The highest BCUT2D eigenvalue weighted by Crippen LogP contribution is 2.48. The van der Waals surface area contributed by atoms with Crippen LogP contribution < -0.4 is 5.32 Å². The monoisotopic (exact) mass is 453 g/mol. The molecule has 5 rings (SSSR count). The Hall–Kier alpha value is -2.46. The second-order valence-corrected chi connectivity index (χ2v) is 8.77. The van der Waals surface area contributed by atoms with Gasteiger partial charge in [0, 0.05) is 17.5 Å². The summed E-state index contributed by atoms with van der Waals surface area (Å²) in [6.07, 6.45) is -0.423. The molecule has 3 N–H and O–H groups in total. The zero-order chi connectivity index (χ0) is 22.6. The van der Waals surface area contributed by atoms with Crippen LogP contribution in [0.25, 0.3) is 11.3 Å². The quantitative estimate of drug-likeness (QED) is 0.594.